The van der Waals surface area contributed by atoms with Gasteiger partial charge in [0.05, 0.1) is 5.92 Å². The van der Waals surface area contributed by atoms with Crippen LogP contribution < -0.4 is 5.32 Å². The van der Waals surface area contributed by atoms with Gasteiger partial charge in [0.2, 0.25) is 0 Å². The summed E-state index contributed by atoms with van der Waals surface area (Å²) in [7, 11) is 0. The second-order valence-corrected chi connectivity index (χ2v) is 6.15. The molecule has 2 N–H and O–H groups in total. The predicted octanol–water partition coefficient (Wildman–Crippen LogP) is 3.04. The SMILES string of the molecule is Cc1ccsc1CNCC1CCCCC1C(=O)O. The second-order valence-electron chi connectivity index (χ2n) is 5.15. The van der Waals surface area contributed by atoms with Gasteiger partial charge in [-0.2, -0.15) is 0 Å². The molecule has 4 heteroatoms. The summed E-state index contributed by atoms with van der Waals surface area (Å²) in [4.78, 5) is 12.5. The normalized spacial score (nSPS) is 24.1. The van der Waals surface area contributed by atoms with E-state index in [1.807, 2.05) is 0 Å². The minimum absolute atomic E-state index is 0.143. The van der Waals surface area contributed by atoms with Crippen molar-refractivity contribution in [3.05, 3.63) is 21.9 Å². The van der Waals surface area contributed by atoms with E-state index in [9.17, 15) is 9.90 Å². The Morgan fingerprint density at radius 1 is 1.50 bits per heavy atom. The number of rotatable bonds is 5. The highest BCUT2D eigenvalue weighted by atomic mass is 32.1. The van der Waals surface area contributed by atoms with Gasteiger partial charge < -0.3 is 10.4 Å². The van der Waals surface area contributed by atoms with Crippen LogP contribution in [-0.4, -0.2) is 17.6 Å². The number of carboxylic acid groups (broad SMARTS) is 1. The molecule has 18 heavy (non-hydrogen) atoms. The molecule has 0 aromatic carbocycles. The van der Waals surface area contributed by atoms with Crippen LogP contribution in [0.2, 0.25) is 0 Å². The molecule has 1 aliphatic carbocycles. The fourth-order valence-corrected chi connectivity index (χ4v) is 3.61. The van der Waals surface area contributed by atoms with E-state index in [-0.39, 0.29) is 5.92 Å². The second kappa shape index (κ2) is 6.34. The van der Waals surface area contributed by atoms with Gasteiger partial charge in [0.1, 0.15) is 0 Å². The van der Waals surface area contributed by atoms with Crippen molar-refractivity contribution in [2.75, 3.05) is 6.54 Å². The Balaban J connectivity index is 1.81. The van der Waals surface area contributed by atoms with Crippen LogP contribution >= 0.6 is 11.3 Å². The lowest BCUT2D eigenvalue weighted by Crippen LogP contribution is -2.34. The Kier molecular flexibility index (Phi) is 4.78. The molecule has 2 atom stereocenters. The first-order valence-electron chi connectivity index (χ1n) is 6.65. The quantitative estimate of drug-likeness (QED) is 0.862. The first kappa shape index (κ1) is 13.6. The van der Waals surface area contributed by atoms with E-state index >= 15 is 0 Å². The van der Waals surface area contributed by atoms with Crippen molar-refractivity contribution in [3.63, 3.8) is 0 Å². The maximum Gasteiger partial charge on any atom is 0.306 e. The number of aryl methyl sites for hydroxylation is 1. The third-order valence-corrected chi connectivity index (χ3v) is 4.91. The zero-order chi connectivity index (χ0) is 13.0. The Hall–Kier alpha value is -0.870. The smallest absolute Gasteiger partial charge is 0.306 e. The molecule has 0 aliphatic heterocycles. The van der Waals surface area contributed by atoms with Crippen molar-refractivity contribution in [2.24, 2.45) is 11.8 Å². The fraction of sp³-hybridized carbons (Fsp3) is 0.643. The van der Waals surface area contributed by atoms with Crippen LogP contribution in [0.3, 0.4) is 0 Å². The summed E-state index contributed by atoms with van der Waals surface area (Å²) < 4.78 is 0. The molecule has 2 unspecified atom stereocenters. The molecule has 0 saturated heterocycles. The number of carboxylic acids is 1. The Morgan fingerprint density at radius 2 is 2.28 bits per heavy atom. The number of hydrogen-bond donors (Lipinski definition) is 2. The van der Waals surface area contributed by atoms with Gasteiger partial charge in [0.25, 0.3) is 0 Å². The maximum atomic E-state index is 11.2. The summed E-state index contributed by atoms with van der Waals surface area (Å²) in [5.41, 5.74) is 1.32. The molecule has 3 nitrogen and oxygen atoms in total. The topological polar surface area (TPSA) is 49.3 Å². The van der Waals surface area contributed by atoms with E-state index in [1.165, 1.54) is 16.9 Å². The standard InChI is InChI=1S/C14H21NO2S/c1-10-6-7-18-13(10)9-15-8-11-4-2-3-5-12(11)14(16)17/h6-7,11-12,15H,2-5,8-9H2,1H3,(H,16,17). The zero-order valence-corrected chi connectivity index (χ0v) is 11.6. The average Bonchev–Trinajstić information content (AvgIpc) is 2.76. The van der Waals surface area contributed by atoms with Gasteiger partial charge in [0.15, 0.2) is 0 Å². The summed E-state index contributed by atoms with van der Waals surface area (Å²) in [5.74, 6) is -0.457. The summed E-state index contributed by atoms with van der Waals surface area (Å²) in [5, 5.41) is 14.7. The molecule has 0 spiro atoms. The van der Waals surface area contributed by atoms with Gasteiger partial charge in [-0.3, -0.25) is 4.79 Å². The van der Waals surface area contributed by atoms with Crippen molar-refractivity contribution >= 4 is 17.3 Å². The molecule has 0 amide bonds. The van der Waals surface area contributed by atoms with Gasteiger partial charge in [-0.05, 0) is 49.2 Å². The lowest BCUT2D eigenvalue weighted by atomic mass is 9.79. The lowest BCUT2D eigenvalue weighted by Gasteiger charge is -2.28. The highest BCUT2D eigenvalue weighted by Gasteiger charge is 2.30. The van der Waals surface area contributed by atoms with Crippen LogP contribution in [0.4, 0.5) is 0 Å². The van der Waals surface area contributed by atoms with E-state index in [4.69, 9.17) is 0 Å². The van der Waals surface area contributed by atoms with Gasteiger partial charge in [-0.25, -0.2) is 0 Å². The van der Waals surface area contributed by atoms with Crippen molar-refractivity contribution < 1.29 is 9.90 Å². The lowest BCUT2D eigenvalue weighted by molar-refractivity contribution is -0.144. The summed E-state index contributed by atoms with van der Waals surface area (Å²) in [6.07, 6.45) is 4.14. The van der Waals surface area contributed by atoms with E-state index in [2.05, 4.69) is 23.7 Å². The minimum atomic E-state index is -0.617. The number of nitrogens with one attached hydrogen (secondary N) is 1. The van der Waals surface area contributed by atoms with Gasteiger partial charge in [0, 0.05) is 11.4 Å². The Morgan fingerprint density at radius 3 is 2.94 bits per heavy atom. The number of carbonyl (C=O) groups is 1. The Bertz CT molecular complexity index is 402. The van der Waals surface area contributed by atoms with Crippen LogP contribution in [0.5, 0.6) is 0 Å². The van der Waals surface area contributed by atoms with Crippen molar-refractivity contribution in [1.82, 2.24) is 5.32 Å². The third-order valence-electron chi connectivity index (χ3n) is 3.89. The molecule has 2 rings (SSSR count). The van der Waals surface area contributed by atoms with E-state index < -0.39 is 5.97 Å². The average molecular weight is 267 g/mol. The van der Waals surface area contributed by atoms with Crippen LogP contribution in [0.15, 0.2) is 11.4 Å². The number of aliphatic carboxylic acids is 1. The van der Waals surface area contributed by atoms with Crippen LogP contribution in [0.25, 0.3) is 0 Å². The van der Waals surface area contributed by atoms with Crippen LogP contribution in [-0.2, 0) is 11.3 Å². The first-order valence-corrected chi connectivity index (χ1v) is 7.53. The molecule has 1 heterocycles. The highest BCUT2D eigenvalue weighted by Crippen LogP contribution is 2.29. The summed E-state index contributed by atoms with van der Waals surface area (Å²) in [6, 6.07) is 2.13. The van der Waals surface area contributed by atoms with E-state index in [1.54, 1.807) is 11.3 Å². The predicted molar refractivity (Wildman–Crippen MR) is 73.8 cm³/mol. The first-order chi connectivity index (χ1) is 8.68. The minimum Gasteiger partial charge on any atom is -0.481 e. The largest absolute Gasteiger partial charge is 0.481 e. The molecule has 0 radical (unpaired) electrons. The fourth-order valence-electron chi connectivity index (χ4n) is 2.73. The van der Waals surface area contributed by atoms with E-state index in [0.29, 0.717) is 5.92 Å². The molecule has 1 aromatic heterocycles. The molecule has 1 aliphatic rings. The summed E-state index contributed by atoms with van der Waals surface area (Å²) >= 11 is 1.76. The number of hydrogen-bond acceptors (Lipinski definition) is 3. The zero-order valence-electron chi connectivity index (χ0n) is 10.8. The molecule has 1 saturated carbocycles. The third kappa shape index (κ3) is 3.33. The molecule has 1 fully saturated rings. The van der Waals surface area contributed by atoms with E-state index in [0.717, 1.165) is 32.4 Å². The maximum absolute atomic E-state index is 11.2. The summed E-state index contributed by atoms with van der Waals surface area (Å²) in [6.45, 7) is 3.81. The molecule has 0 bridgehead atoms. The highest BCUT2D eigenvalue weighted by molar-refractivity contribution is 7.10. The number of thiophene rings is 1. The van der Waals surface area contributed by atoms with Crippen LogP contribution in [0.1, 0.15) is 36.1 Å². The molecule has 100 valence electrons. The molecule has 1 aromatic rings. The van der Waals surface area contributed by atoms with Gasteiger partial charge in [-0.15, -0.1) is 11.3 Å². The van der Waals surface area contributed by atoms with Crippen molar-refractivity contribution in [2.45, 2.75) is 39.2 Å². The van der Waals surface area contributed by atoms with Crippen LogP contribution in [0, 0.1) is 18.8 Å². The molecular weight excluding hydrogens is 246 g/mol. The van der Waals surface area contributed by atoms with Crippen molar-refractivity contribution in [3.8, 4) is 0 Å². The monoisotopic (exact) mass is 267 g/mol. The van der Waals surface area contributed by atoms with Gasteiger partial charge in [-0.1, -0.05) is 12.8 Å². The van der Waals surface area contributed by atoms with Crippen molar-refractivity contribution in [1.29, 1.82) is 0 Å². The Labute approximate surface area is 112 Å². The molecular formula is C14H21NO2S. The van der Waals surface area contributed by atoms with Gasteiger partial charge >= 0.3 is 5.97 Å².